The number of aliphatic hydroxyl groups excluding tert-OH is 1. The summed E-state index contributed by atoms with van der Waals surface area (Å²) in [5.74, 6) is -0.333. The summed E-state index contributed by atoms with van der Waals surface area (Å²) in [7, 11) is 0. The molecule has 3 N–H and O–H groups in total. The van der Waals surface area contributed by atoms with Crippen molar-refractivity contribution in [1.29, 1.82) is 0 Å². The molecule has 4 aromatic carbocycles. The van der Waals surface area contributed by atoms with Gasteiger partial charge in [-0.2, -0.15) is 0 Å². The summed E-state index contributed by atoms with van der Waals surface area (Å²) in [6.07, 6.45) is -2.39. The number of hydrogen-bond acceptors (Lipinski definition) is 8. The van der Waals surface area contributed by atoms with Crippen LogP contribution < -0.4 is 5.32 Å². The Morgan fingerprint density at radius 1 is 0.886 bits per heavy atom. The van der Waals surface area contributed by atoms with Crippen LogP contribution in [0.15, 0.2) is 108 Å². The number of aromatic hydroxyl groups is 1. The number of thioether (sulfide) groups is 1. The Hall–Kier alpha value is -4.15. The maximum Gasteiger partial charge on any atom is 0.303 e. The lowest BCUT2D eigenvalue weighted by Crippen LogP contribution is -2.38. The number of phenols is 1. The molecule has 5 atom stereocenters. The molecule has 1 heterocycles. The van der Waals surface area contributed by atoms with Gasteiger partial charge in [0, 0.05) is 34.7 Å². The fourth-order valence-electron chi connectivity index (χ4n) is 5.18. The predicted octanol–water partition coefficient (Wildman–Crippen LogP) is 6.51. The Kier molecular flexibility index (Phi) is 10.3. The number of anilines is 1. The van der Waals surface area contributed by atoms with Crippen molar-refractivity contribution in [2.45, 2.75) is 55.9 Å². The van der Waals surface area contributed by atoms with Crippen molar-refractivity contribution < 1.29 is 34.0 Å². The molecule has 5 rings (SSSR count). The maximum atomic E-state index is 12.6. The third kappa shape index (κ3) is 7.86. The minimum absolute atomic E-state index is 0.0554. The van der Waals surface area contributed by atoms with Gasteiger partial charge < -0.3 is 29.7 Å². The standard InChI is InChI=1S/C35H35NO7S/c1-22(41-23(2)38)34(40)36-28-10-6-9-27(19-28)35-42-31(21-44-30-17-15-29(39)16-18-30)32(25-7-4-3-5-8-25)33(43-35)26-13-11-24(20-37)12-14-26/h3-19,22,31-33,35,37,39H,20-21H2,1-2H3,(H,36,40). The van der Waals surface area contributed by atoms with Gasteiger partial charge in [0.15, 0.2) is 12.4 Å². The zero-order valence-corrected chi connectivity index (χ0v) is 25.3. The Morgan fingerprint density at radius 2 is 1.59 bits per heavy atom. The van der Waals surface area contributed by atoms with Gasteiger partial charge in [0.25, 0.3) is 5.91 Å². The highest BCUT2D eigenvalue weighted by Gasteiger charge is 2.42. The fourth-order valence-corrected chi connectivity index (χ4v) is 6.15. The lowest BCUT2D eigenvalue weighted by molar-refractivity contribution is -0.255. The molecule has 0 radical (unpaired) electrons. The highest BCUT2D eigenvalue weighted by molar-refractivity contribution is 7.99. The smallest absolute Gasteiger partial charge is 0.303 e. The van der Waals surface area contributed by atoms with E-state index in [0.29, 0.717) is 17.0 Å². The molecule has 0 bridgehead atoms. The predicted molar refractivity (Wildman–Crippen MR) is 168 cm³/mol. The van der Waals surface area contributed by atoms with E-state index in [1.165, 1.54) is 13.8 Å². The van der Waals surface area contributed by atoms with Gasteiger partial charge in [-0.15, -0.1) is 11.8 Å². The molecule has 8 nitrogen and oxygen atoms in total. The number of ether oxygens (including phenoxy) is 3. The summed E-state index contributed by atoms with van der Waals surface area (Å²) in [4.78, 5) is 24.9. The van der Waals surface area contributed by atoms with E-state index in [0.717, 1.165) is 21.6 Å². The van der Waals surface area contributed by atoms with E-state index >= 15 is 0 Å². The van der Waals surface area contributed by atoms with Crippen LogP contribution in [0.2, 0.25) is 0 Å². The number of phenolic OH excluding ortho intramolecular Hbond substituents is 1. The molecule has 44 heavy (non-hydrogen) atoms. The van der Waals surface area contributed by atoms with Crippen LogP contribution in [0.1, 0.15) is 54.4 Å². The number of rotatable bonds is 10. The minimum atomic E-state index is -0.947. The zero-order valence-electron chi connectivity index (χ0n) is 24.5. The maximum absolute atomic E-state index is 12.6. The van der Waals surface area contributed by atoms with E-state index in [-0.39, 0.29) is 24.4 Å². The SMILES string of the molecule is CC(=O)OC(C)C(=O)Nc1cccc(C2OC(CSc3ccc(O)cc3)C(c3ccccc3)C(c3ccc(CO)cc3)O2)c1. The molecular weight excluding hydrogens is 578 g/mol. The van der Waals surface area contributed by atoms with Crippen LogP contribution >= 0.6 is 11.8 Å². The van der Waals surface area contributed by atoms with Crippen LogP contribution in [0.5, 0.6) is 5.75 Å². The van der Waals surface area contributed by atoms with Crippen LogP contribution in [0.4, 0.5) is 5.69 Å². The van der Waals surface area contributed by atoms with Gasteiger partial charge in [-0.25, -0.2) is 0 Å². The van der Waals surface area contributed by atoms with Gasteiger partial charge in [-0.05, 0) is 60.0 Å². The first kappa shape index (κ1) is 31.3. The number of esters is 1. The first-order valence-corrected chi connectivity index (χ1v) is 15.3. The molecule has 4 aromatic rings. The van der Waals surface area contributed by atoms with E-state index in [9.17, 15) is 19.8 Å². The Morgan fingerprint density at radius 3 is 2.27 bits per heavy atom. The average Bonchev–Trinajstić information content (AvgIpc) is 3.04. The Labute approximate surface area is 261 Å². The van der Waals surface area contributed by atoms with Crippen LogP contribution in [0.25, 0.3) is 0 Å². The second kappa shape index (κ2) is 14.5. The first-order valence-electron chi connectivity index (χ1n) is 14.4. The van der Waals surface area contributed by atoms with Gasteiger partial charge in [-0.1, -0.05) is 66.7 Å². The highest BCUT2D eigenvalue weighted by Crippen LogP contribution is 2.48. The number of amides is 1. The third-order valence-electron chi connectivity index (χ3n) is 7.36. The van der Waals surface area contributed by atoms with E-state index in [1.807, 2.05) is 66.7 Å². The largest absolute Gasteiger partial charge is 0.508 e. The van der Waals surface area contributed by atoms with Gasteiger partial charge in [0.1, 0.15) is 5.75 Å². The van der Waals surface area contributed by atoms with Crippen LogP contribution in [-0.4, -0.2) is 40.1 Å². The number of carbonyl (C=O) groups excluding carboxylic acids is 2. The highest BCUT2D eigenvalue weighted by atomic mass is 32.2. The van der Waals surface area contributed by atoms with Gasteiger partial charge in [-0.3, -0.25) is 9.59 Å². The summed E-state index contributed by atoms with van der Waals surface area (Å²) >= 11 is 1.63. The number of aliphatic hydroxyl groups is 1. The zero-order chi connectivity index (χ0) is 31.1. The van der Waals surface area contributed by atoms with Crippen molar-refractivity contribution >= 4 is 29.3 Å². The van der Waals surface area contributed by atoms with Gasteiger partial charge in [0.2, 0.25) is 0 Å². The molecule has 9 heteroatoms. The van der Waals surface area contributed by atoms with Crippen molar-refractivity contribution in [2.24, 2.45) is 0 Å². The summed E-state index contributed by atoms with van der Waals surface area (Å²) in [6, 6.07) is 32.2. The van der Waals surface area contributed by atoms with Crippen LogP contribution in [-0.2, 0) is 30.4 Å². The fraction of sp³-hybridized carbons (Fsp3) is 0.257. The van der Waals surface area contributed by atoms with E-state index < -0.39 is 30.4 Å². The molecule has 228 valence electrons. The summed E-state index contributed by atoms with van der Waals surface area (Å²) < 4.78 is 18.5. The normalized spacial score (nSPS) is 20.4. The lowest BCUT2D eigenvalue weighted by Gasteiger charge is -2.43. The average molecular weight is 614 g/mol. The summed E-state index contributed by atoms with van der Waals surface area (Å²) in [6.45, 7) is 2.72. The van der Waals surface area contributed by atoms with Crippen molar-refractivity contribution in [1.82, 2.24) is 0 Å². The van der Waals surface area contributed by atoms with Crippen molar-refractivity contribution in [2.75, 3.05) is 11.1 Å². The second-order valence-corrected chi connectivity index (χ2v) is 11.7. The molecule has 0 aromatic heterocycles. The quantitative estimate of drug-likeness (QED) is 0.137. The third-order valence-corrected chi connectivity index (χ3v) is 8.46. The number of benzene rings is 4. The first-order chi connectivity index (χ1) is 21.3. The van der Waals surface area contributed by atoms with Crippen molar-refractivity contribution in [3.8, 4) is 5.75 Å². The molecule has 0 spiro atoms. The summed E-state index contributed by atoms with van der Waals surface area (Å²) in [5, 5.41) is 22.2. The van der Waals surface area contributed by atoms with Gasteiger partial charge in [0.05, 0.1) is 18.8 Å². The van der Waals surface area contributed by atoms with E-state index in [2.05, 4.69) is 17.4 Å². The molecule has 1 aliphatic rings. The molecule has 1 aliphatic heterocycles. The molecule has 1 fully saturated rings. The lowest BCUT2D eigenvalue weighted by atomic mass is 9.84. The topological polar surface area (TPSA) is 114 Å². The number of hydrogen-bond donors (Lipinski definition) is 3. The van der Waals surface area contributed by atoms with E-state index in [1.54, 1.807) is 36.0 Å². The Balaban J connectivity index is 1.48. The molecule has 0 aliphatic carbocycles. The number of carbonyl (C=O) groups is 2. The van der Waals surface area contributed by atoms with Gasteiger partial charge >= 0.3 is 5.97 Å². The molecule has 0 saturated carbocycles. The summed E-state index contributed by atoms with van der Waals surface area (Å²) in [5.41, 5.74) is 4.05. The van der Waals surface area contributed by atoms with Crippen molar-refractivity contribution in [3.05, 3.63) is 125 Å². The number of nitrogens with one attached hydrogen (secondary N) is 1. The molecule has 1 saturated heterocycles. The molecular formula is C35H35NO7S. The molecule has 1 amide bonds. The minimum Gasteiger partial charge on any atom is -0.508 e. The van der Waals surface area contributed by atoms with Crippen LogP contribution in [0, 0.1) is 0 Å². The molecule has 5 unspecified atom stereocenters. The second-order valence-electron chi connectivity index (χ2n) is 10.6. The van der Waals surface area contributed by atoms with Crippen LogP contribution in [0.3, 0.4) is 0 Å². The monoisotopic (exact) mass is 613 g/mol. The Bertz CT molecular complexity index is 1550. The van der Waals surface area contributed by atoms with E-state index in [4.69, 9.17) is 14.2 Å². The van der Waals surface area contributed by atoms with Crippen molar-refractivity contribution in [3.63, 3.8) is 0 Å².